The third-order valence-electron chi connectivity index (χ3n) is 3.15. The fraction of sp³-hybridized carbons (Fsp3) is 0.357. The van der Waals surface area contributed by atoms with Crippen LogP contribution in [-0.2, 0) is 13.5 Å². The molecule has 1 atom stereocenters. The van der Waals surface area contributed by atoms with E-state index in [9.17, 15) is 0 Å². The summed E-state index contributed by atoms with van der Waals surface area (Å²) in [5, 5.41) is 8.53. The molecule has 1 aromatic carbocycles. The predicted molar refractivity (Wildman–Crippen MR) is 74.9 cm³/mol. The number of aromatic nitrogens is 2. The van der Waals surface area contributed by atoms with Crippen molar-refractivity contribution in [2.24, 2.45) is 7.05 Å². The number of nitrogens with zero attached hydrogens (tertiary/aromatic N) is 2. The first-order chi connectivity index (χ1) is 8.60. The van der Waals surface area contributed by atoms with Gasteiger partial charge in [0.2, 0.25) is 0 Å². The van der Waals surface area contributed by atoms with Crippen molar-refractivity contribution >= 4 is 11.6 Å². The van der Waals surface area contributed by atoms with Crippen LogP contribution in [0.3, 0.4) is 0 Å². The Kier molecular flexibility index (Phi) is 4.04. The van der Waals surface area contributed by atoms with E-state index in [4.69, 9.17) is 11.6 Å². The lowest BCUT2D eigenvalue weighted by atomic mass is 9.98. The molecule has 18 heavy (non-hydrogen) atoms. The largest absolute Gasteiger partial charge is 0.313 e. The maximum Gasteiger partial charge on any atom is 0.0643 e. The predicted octanol–water partition coefficient (Wildman–Crippen LogP) is 2.89. The molecule has 0 saturated heterocycles. The van der Waals surface area contributed by atoms with Crippen LogP contribution >= 0.6 is 11.6 Å². The van der Waals surface area contributed by atoms with Gasteiger partial charge in [0.1, 0.15) is 0 Å². The molecule has 0 bridgehead atoms. The number of hydrogen-bond donors (Lipinski definition) is 1. The highest BCUT2D eigenvalue weighted by atomic mass is 35.5. The van der Waals surface area contributed by atoms with E-state index in [1.165, 1.54) is 11.1 Å². The van der Waals surface area contributed by atoms with Crippen LogP contribution < -0.4 is 5.32 Å². The van der Waals surface area contributed by atoms with Gasteiger partial charge in [0.15, 0.2) is 0 Å². The number of hydrogen-bond acceptors (Lipinski definition) is 2. The van der Waals surface area contributed by atoms with Gasteiger partial charge < -0.3 is 5.32 Å². The minimum Gasteiger partial charge on any atom is -0.313 e. The number of benzene rings is 1. The lowest BCUT2D eigenvalue weighted by Gasteiger charge is -2.18. The summed E-state index contributed by atoms with van der Waals surface area (Å²) in [6, 6.07) is 8.29. The van der Waals surface area contributed by atoms with Crippen LogP contribution in [0, 0.1) is 6.92 Å². The maximum absolute atomic E-state index is 6.08. The van der Waals surface area contributed by atoms with Crippen molar-refractivity contribution in [3.63, 3.8) is 0 Å². The van der Waals surface area contributed by atoms with Crippen molar-refractivity contribution < 1.29 is 0 Å². The molecule has 0 spiro atoms. The average Bonchev–Trinajstić information content (AvgIpc) is 2.75. The van der Waals surface area contributed by atoms with Crippen LogP contribution in [0.1, 0.15) is 22.9 Å². The van der Waals surface area contributed by atoms with E-state index < -0.39 is 0 Å². The molecule has 0 aliphatic carbocycles. The quantitative estimate of drug-likeness (QED) is 0.919. The third kappa shape index (κ3) is 2.92. The normalized spacial score (nSPS) is 12.7. The number of aryl methyl sites for hydroxylation is 2. The molecular weight excluding hydrogens is 246 g/mol. The monoisotopic (exact) mass is 263 g/mol. The van der Waals surface area contributed by atoms with Crippen molar-refractivity contribution in [3.8, 4) is 0 Å². The van der Waals surface area contributed by atoms with E-state index in [1.54, 1.807) is 0 Å². The summed E-state index contributed by atoms with van der Waals surface area (Å²) in [4.78, 5) is 0. The Morgan fingerprint density at radius 1 is 1.39 bits per heavy atom. The van der Waals surface area contributed by atoms with Gasteiger partial charge in [0.05, 0.1) is 5.69 Å². The van der Waals surface area contributed by atoms with Crippen molar-refractivity contribution in [2.45, 2.75) is 19.4 Å². The maximum atomic E-state index is 6.08. The fourth-order valence-electron chi connectivity index (χ4n) is 2.14. The SMILES string of the molecule is CNC(Cc1ccn(C)n1)c1cc(Cl)ccc1C. The van der Waals surface area contributed by atoms with Crippen LogP contribution in [-0.4, -0.2) is 16.8 Å². The van der Waals surface area contributed by atoms with E-state index in [0.29, 0.717) is 0 Å². The van der Waals surface area contributed by atoms with Crippen LogP contribution in [0.15, 0.2) is 30.5 Å². The fourth-order valence-corrected chi connectivity index (χ4v) is 2.32. The summed E-state index contributed by atoms with van der Waals surface area (Å²) in [7, 11) is 3.90. The molecule has 1 unspecified atom stereocenters. The lowest BCUT2D eigenvalue weighted by Crippen LogP contribution is -2.20. The van der Waals surface area contributed by atoms with Crippen molar-refractivity contribution in [3.05, 3.63) is 52.3 Å². The molecule has 3 nitrogen and oxygen atoms in total. The van der Waals surface area contributed by atoms with E-state index in [1.807, 2.05) is 43.2 Å². The topological polar surface area (TPSA) is 29.9 Å². The lowest BCUT2D eigenvalue weighted by molar-refractivity contribution is 0.574. The first-order valence-corrected chi connectivity index (χ1v) is 6.40. The number of nitrogens with one attached hydrogen (secondary N) is 1. The van der Waals surface area contributed by atoms with Gasteiger partial charge in [0, 0.05) is 30.7 Å². The molecule has 0 saturated carbocycles. The van der Waals surface area contributed by atoms with E-state index in [-0.39, 0.29) is 6.04 Å². The van der Waals surface area contributed by atoms with E-state index in [2.05, 4.69) is 23.4 Å². The Morgan fingerprint density at radius 3 is 2.78 bits per heavy atom. The van der Waals surface area contributed by atoms with Gasteiger partial charge >= 0.3 is 0 Å². The molecule has 0 amide bonds. The molecule has 1 heterocycles. The third-order valence-corrected chi connectivity index (χ3v) is 3.38. The summed E-state index contributed by atoms with van der Waals surface area (Å²) < 4.78 is 1.83. The van der Waals surface area contributed by atoms with Crippen LogP contribution in [0.4, 0.5) is 0 Å². The summed E-state index contributed by atoms with van der Waals surface area (Å²) in [5.41, 5.74) is 3.56. The van der Waals surface area contributed by atoms with Gasteiger partial charge in [-0.1, -0.05) is 17.7 Å². The second kappa shape index (κ2) is 5.55. The number of rotatable bonds is 4. The Bertz CT molecular complexity index is 534. The molecule has 4 heteroatoms. The van der Waals surface area contributed by atoms with Crippen LogP contribution in [0.2, 0.25) is 5.02 Å². The van der Waals surface area contributed by atoms with Gasteiger partial charge in [-0.2, -0.15) is 5.10 Å². The molecule has 0 aliphatic heterocycles. The van der Waals surface area contributed by atoms with Gasteiger partial charge in [-0.05, 0) is 43.3 Å². The minimum absolute atomic E-state index is 0.235. The number of halogens is 1. The van der Waals surface area contributed by atoms with Crippen molar-refractivity contribution in [1.82, 2.24) is 15.1 Å². The molecule has 2 aromatic rings. The zero-order valence-corrected chi connectivity index (χ0v) is 11.7. The Labute approximate surface area is 113 Å². The molecular formula is C14H18ClN3. The standard InChI is InChI=1S/C14H18ClN3/c1-10-4-5-11(15)8-13(10)14(16-2)9-12-6-7-18(3)17-12/h4-8,14,16H,9H2,1-3H3. The number of likely N-dealkylation sites (N-methyl/N-ethyl adjacent to an activating group) is 1. The first kappa shape index (κ1) is 13.1. The molecule has 1 aromatic heterocycles. The van der Waals surface area contributed by atoms with E-state index in [0.717, 1.165) is 17.1 Å². The second-order valence-electron chi connectivity index (χ2n) is 4.53. The Balaban J connectivity index is 2.25. The average molecular weight is 264 g/mol. The highest BCUT2D eigenvalue weighted by Crippen LogP contribution is 2.24. The zero-order chi connectivity index (χ0) is 13.1. The molecule has 1 N–H and O–H groups in total. The van der Waals surface area contributed by atoms with Gasteiger partial charge in [-0.15, -0.1) is 0 Å². The van der Waals surface area contributed by atoms with Gasteiger partial charge in [-0.25, -0.2) is 0 Å². The summed E-state index contributed by atoms with van der Waals surface area (Å²) in [6.45, 7) is 2.11. The van der Waals surface area contributed by atoms with Crippen LogP contribution in [0.25, 0.3) is 0 Å². The van der Waals surface area contributed by atoms with Crippen molar-refractivity contribution in [2.75, 3.05) is 7.05 Å². The highest BCUT2D eigenvalue weighted by molar-refractivity contribution is 6.30. The Morgan fingerprint density at radius 2 is 2.17 bits per heavy atom. The van der Waals surface area contributed by atoms with E-state index >= 15 is 0 Å². The van der Waals surface area contributed by atoms with Crippen molar-refractivity contribution in [1.29, 1.82) is 0 Å². The summed E-state index contributed by atoms with van der Waals surface area (Å²) >= 11 is 6.08. The Hall–Kier alpha value is -1.32. The minimum atomic E-state index is 0.235. The molecule has 0 aliphatic rings. The summed E-state index contributed by atoms with van der Waals surface area (Å²) in [6.07, 6.45) is 2.82. The smallest absolute Gasteiger partial charge is 0.0643 e. The molecule has 96 valence electrons. The zero-order valence-electron chi connectivity index (χ0n) is 10.9. The van der Waals surface area contributed by atoms with Crippen LogP contribution in [0.5, 0.6) is 0 Å². The van der Waals surface area contributed by atoms with Gasteiger partial charge in [-0.3, -0.25) is 4.68 Å². The molecule has 2 rings (SSSR count). The summed E-state index contributed by atoms with van der Waals surface area (Å²) in [5.74, 6) is 0. The molecule has 0 fully saturated rings. The second-order valence-corrected chi connectivity index (χ2v) is 4.96. The molecule has 0 radical (unpaired) electrons. The highest BCUT2D eigenvalue weighted by Gasteiger charge is 2.14. The van der Waals surface area contributed by atoms with Gasteiger partial charge in [0.25, 0.3) is 0 Å². The first-order valence-electron chi connectivity index (χ1n) is 6.02.